The molecule has 3 aromatic carbocycles. The van der Waals surface area contributed by atoms with Crippen LogP contribution in [-0.4, -0.2) is 151 Å². The van der Waals surface area contributed by atoms with Gasteiger partial charge in [-0.15, -0.1) is 11.3 Å². The van der Waals surface area contributed by atoms with E-state index in [0.29, 0.717) is 120 Å². The molecule has 4 bridgehead atoms. The van der Waals surface area contributed by atoms with E-state index in [1.54, 1.807) is 42.6 Å². The minimum absolute atomic E-state index is 0.0294. The molecule has 0 unspecified atom stereocenters. The second-order valence-corrected chi connectivity index (χ2v) is 20.3. The molecule has 0 saturated carbocycles. The fraction of sp³-hybridized carbons (Fsp3) is 0.442. The van der Waals surface area contributed by atoms with Gasteiger partial charge in [0.2, 0.25) is 17.9 Å². The number of anilines is 1. The first-order valence-corrected chi connectivity index (χ1v) is 25.8. The number of fused-ring (bicyclic) bond motifs is 7. The maximum Gasteiger partial charge on any atom is 0.345 e. The van der Waals surface area contributed by atoms with Crippen LogP contribution in [0.4, 0.5) is 10.3 Å². The number of carbonyl (C=O) groups is 1. The molecule has 3 atom stereocenters. The molecule has 0 aliphatic carbocycles. The van der Waals surface area contributed by atoms with Crippen LogP contribution in [-0.2, 0) is 32.0 Å². The topological polar surface area (TPSA) is 163 Å². The lowest BCUT2D eigenvalue weighted by Crippen LogP contribution is -2.49. The number of likely N-dealkylation sites (N-methyl/N-ethyl adjacent to an activating group) is 1. The number of benzene rings is 3. The average molecular weight is 1050 g/mol. The van der Waals surface area contributed by atoms with E-state index < -0.39 is 24.0 Å². The van der Waals surface area contributed by atoms with Gasteiger partial charge >= 0.3 is 5.97 Å². The van der Waals surface area contributed by atoms with Crippen molar-refractivity contribution < 1.29 is 47.4 Å². The van der Waals surface area contributed by atoms with Crippen LogP contribution in [0.25, 0.3) is 31.8 Å². The van der Waals surface area contributed by atoms with Crippen LogP contribution in [0.5, 0.6) is 23.1 Å². The Morgan fingerprint density at radius 2 is 1.68 bits per heavy atom. The zero-order valence-corrected chi connectivity index (χ0v) is 42.6. The zero-order chi connectivity index (χ0) is 49.9. The van der Waals surface area contributed by atoms with Crippen molar-refractivity contribution in [3.05, 3.63) is 99.3 Å². The summed E-state index contributed by atoms with van der Waals surface area (Å²) in [6.45, 7) is 11.6. The van der Waals surface area contributed by atoms with Gasteiger partial charge in [0.15, 0.2) is 5.75 Å². The van der Waals surface area contributed by atoms with Crippen LogP contribution in [0.15, 0.2) is 61.1 Å². The van der Waals surface area contributed by atoms with Crippen LogP contribution in [0.1, 0.15) is 35.2 Å². The molecule has 1 N–H and O–H groups in total. The average Bonchev–Trinajstić information content (AvgIpc) is 3.78. The van der Waals surface area contributed by atoms with Gasteiger partial charge in [-0.3, -0.25) is 4.90 Å². The number of piperidine rings is 1. The van der Waals surface area contributed by atoms with Gasteiger partial charge in [-0.2, -0.15) is 0 Å². The molecule has 72 heavy (non-hydrogen) atoms. The van der Waals surface area contributed by atoms with Crippen LogP contribution >= 0.6 is 34.5 Å². The Morgan fingerprint density at radius 1 is 0.903 bits per heavy atom. The number of hydrogen-bond donors (Lipinski definition) is 1. The van der Waals surface area contributed by atoms with Crippen molar-refractivity contribution in [1.29, 1.82) is 0 Å². The SMILES string of the molecule is Cc1c(Cl)c2c(Cl)c(C)c1-c1c(-c3ccc(F)cc3)sc3ncnc(c13)O[C@@H](C(=O)O)Cc1cc(ccc1OCc1ccnc(N3CCC(OC[C@H]4COCCO4)CC3)n1)OC[C@@H](CN1CCN(C)CC1)O2. The lowest BCUT2D eigenvalue weighted by atomic mass is 9.92. The fourth-order valence-electron chi connectivity index (χ4n) is 9.58. The van der Waals surface area contributed by atoms with Gasteiger partial charge in [0.1, 0.15) is 53.9 Å². The summed E-state index contributed by atoms with van der Waals surface area (Å²) in [6, 6.07) is 13.3. The van der Waals surface area contributed by atoms with E-state index in [-0.39, 0.29) is 37.7 Å². The lowest BCUT2D eigenvalue weighted by molar-refractivity contribution is -0.145. The van der Waals surface area contributed by atoms with E-state index in [2.05, 4.69) is 36.7 Å². The molecule has 380 valence electrons. The summed E-state index contributed by atoms with van der Waals surface area (Å²) in [7, 11) is 2.11. The largest absolute Gasteiger partial charge is 0.490 e. The highest BCUT2D eigenvalue weighted by atomic mass is 35.5. The van der Waals surface area contributed by atoms with E-state index >= 15 is 0 Å². The summed E-state index contributed by atoms with van der Waals surface area (Å²) in [4.78, 5) is 40.1. The minimum Gasteiger partial charge on any atom is -0.490 e. The number of thiophene rings is 1. The molecule has 0 radical (unpaired) electrons. The number of carboxylic acid groups (broad SMARTS) is 1. The van der Waals surface area contributed by atoms with Gasteiger partial charge in [0.05, 0.1) is 53.7 Å². The summed E-state index contributed by atoms with van der Waals surface area (Å²) in [5.41, 5.74) is 4.42. The van der Waals surface area contributed by atoms with Crippen LogP contribution in [0.2, 0.25) is 10.0 Å². The van der Waals surface area contributed by atoms with Crippen LogP contribution < -0.4 is 23.8 Å². The molecular formula is C52H56Cl2FN7O9S. The third kappa shape index (κ3) is 11.2. The predicted molar refractivity (Wildman–Crippen MR) is 272 cm³/mol. The maximum absolute atomic E-state index is 14.4. The zero-order valence-electron chi connectivity index (χ0n) is 40.3. The normalized spacial score (nSPS) is 20.4. The summed E-state index contributed by atoms with van der Waals surface area (Å²) >= 11 is 16.0. The highest BCUT2D eigenvalue weighted by molar-refractivity contribution is 7.22. The van der Waals surface area contributed by atoms with Gasteiger partial charge in [-0.25, -0.2) is 29.1 Å². The summed E-state index contributed by atoms with van der Waals surface area (Å²) < 4.78 is 58.3. The third-order valence-electron chi connectivity index (χ3n) is 13.6. The number of ether oxygens (including phenoxy) is 7. The van der Waals surface area contributed by atoms with Gasteiger partial charge in [-0.1, -0.05) is 35.3 Å². The Hall–Kier alpha value is -5.44. The Balaban J connectivity index is 0.984. The predicted octanol–water partition coefficient (Wildman–Crippen LogP) is 8.32. The molecule has 20 heteroatoms. The fourth-order valence-corrected chi connectivity index (χ4v) is 11.2. The first-order chi connectivity index (χ1) is 34.9. The van der Waals surface area contributed by atoms with E-state index in [1.807, 2.05) is 13.8 Å². The second-order valence-electron chi connectivity index (χ2n) is 18.6. The Bertz CT molecular complexity index is 2870. The molecule has 3 aromatic heterocycles. The quantitative estimate of drug-likeness (QED) is 0.132. The Morgan fingerprint density at radius 3 is 2.42 bits per heavy atom. The molecular weight excluding hydrogens is 989 g/mol. The monoisotopic (exact) mass is 1040 g/mol. The molecule has 16 nitrogen and oxygen atoms in total. The number of aromatic nitrogens is 4. The van der Waals surface area contributed by atoms with Crippen molar-refractivity contribution in [3.8, 4) is 44.7 Å². The van der Waals surface area contributed by atoms with Crippen molar-refractivity contribution in [2.75, 3.05) is 90.8 Å². The lowest BCUT2D eigenvalue weighted by Gasteiger charge is -2.35. The number of hydrogen-bond acceptors (Lipinski definition) is 16. The molecule has 3 fully saturated rings. The molecule has 5 aliphatic heterocycles. The summed E-state index contributed by atoms with van der Waals surface area (Å²) in [5.74, 6) is 0.180. The molecule has 11 rings (SSSR count). The van der Waals surface area contributed by atoms with Crippen molar-refractivity contribution in [2.24, 2.45) is 0 Å². The van der Waals surface area contributed by atoms with Crippen molar-refractivity contribution in [2.45, 2.75) is 64.1 Å². The van der Waals surface area contributed by atoms with E-state index in [1.165, 1.54) is 29.8 Å². The summed E-state index contributed by atoms with van der Waals surface area (Å²) in [5, 5.41) is 12.0. The smallest absolute Gasteiger partial charge is 0.345 e. The molecule has 3 saturated heterocycles. The molecule has 5 aliphatic rings. The first-order valence-electron chi connectivity index (χ1n) is 24.2. The van der Waals surface area contributed by atoms with Gasteiger partial charge < -0.3 is 48.1 Å². The molecule has 0 amide bonds. The molecule has 0 spiro atoms. The summed E-state index contributed by atoms with van der Waals surface area (Å²) in [6.07, 6.45) is 2.62. The van der Waals surface area contributed by atoms with E-state index in [0.717, 1.165) is 52.1 Å². The standard InChI is InChI=1S/C52H56Cl2FN7O9S/c1-30-42-31(2)46(54)47(45(30)53)70-38(24-61-18-16-60(3)17-19-61)27-68-37-8-9-40(69-25-35-10-13-56-52(59-35)62-14-11-36(12-15-62)67-28-39-26-65-20-21-66-39)33(22-37)23-41(51(63)64)71-49-44-43(42)48(72-50(44)58-29-57-49)32-4-6-34(55)7-5-32/h4-10,13,22,29,36,38-39,41H,11-12,14-21,23-28H2,1-3H3,(H,63,64)/t38-,39-,41-/m1/s1. The van der Waals surface area contributed by atoms with Crippen molar-refractivity contribution >= 4 is 56.7 Å². The van der Waals surface area contributed by atoms with E-state index in [4.69, 9.17) is 61.3 Å². The van der Waals surface area contributed by atoms with Crippen molar-refractivity contribution in [3.63, 3.8) is 0 Å². The highest BCUT2D eigenvalue weighted by Gasteiger charge is 2.33. The second kappa shape index (κ2) is 22.4. The van der Waals surface area contributed by atoms with E-state index in [9.17, 15) is 14.3 Å². The highest BCUT2D eigenvalue weighted by Crippen LogP contribution is 2.53. The van der Waals surface area contributed by atoms with Gasteiger partial charge in [-0.05, 0) is 92.4 Å². The maximum atomic E-state index is 14.4. The first kappa shape index (κ1) is 50.1. The molecule has 6 aromatic rings. The Kier molecular flexibility index (Phi) is 15.6. The van der Waals surface area contributed by atoms with Crippen LogP contribution in [0.3, 0.4) is 0 Å². The number of carboxylic acids is 1. The number of piperazine rings is 1. The number of nitrogens with zero attached hydrogens (tertiary/aromatic N) is 7. The van der Waals surface area contributed by atoms with Gasteiger partial charge in [0.25, 0.3) is 0 Å². The van der Waals surface area contributed by atoms with Gasteiger partial charge in [0, 0.05) is 74.4 Å². The Labute approximate surface area is 430 Å². The molecule has 8 heterocycles. The third-order valence-corrected chi connectivity index (χ3v) is 15.6. The minimum atomic E-state index is -1.47. The number of aliphatic carboxylic acids is 1. The van der Waals surface area contributed by atoms with Crippen LogP contribution in [0, 0.1) is 19.7 Å². The van der Waals surface area contributed by atoms with Crippen molar-refractivity contribution in [1.82, 2.24) is 29.7 Å². The number of rotatable bonds is 11. The number of halogens is 3.